The van der Waals surface area contributed by atoms with Crippen LogP contribution in [0.3, 0.4) is 0 Å². The lowest BCUT2D eigenvalue weighted by Gasteiger charge is -2.31. The third kappa shape index (κ3) is 4.22. The van der Waals surface area contributed by atoms with Gasteiger partial charge in [0.25, 0.3) is 0 Å². The first kappa shape index (κ1) is 16.3. The number of carboxylic acids is 1. The number of anilines is 1. The summed E-state index contributed by atoms with van der Waals surface area (Å²) >= 11 is 3.33. The predicted molar refractivity (Wildman–Crippen MR) is 89.9 cm³/mol. The Balaban J connectivity index is 2.04. The Hall–Kier alpha value is -1.03. The van der Waals surface area contributed by atoms with E-state index in [2.05, 4.69) is 35.1 Å². The van der Waals surface area contributed by atoms with Crippen LogP contribution in [0.15, 0.2) is 22.7 Å². The van der Waals surface area contributed by atoms with E-state index in [1.807, 2.05) is 12.1 Å². The molecule has 0 spiro atoms. The molecule has 0 saturated heterocycles. The van der Waals surface area contributed by atoms with Gasteiger partial charge in [-0.3, -0.25) is 0 Å². The Kier molecular flexibility index (Phi) is 5.31. The highest BCUT2D eigenvalue weighted by molar-refractivity contribution is 9.10. The van der Waals surface area contributed by atoms with Crippen LogP contribution in [0.5, 0.6) is 0 Å². The molecular formula is C17H24BrNO2. The molecule has 1 aromatic rings. The molecule has 1 aliphatic rings. The standard InChI is InChI=1S/C17H24BrNO2/c1-12(2)10-17(7-3-4-8-17)11-19-13-5-6-14(16(20)21)15(18)9-13/h5-6,9,12,19H,3-4,7-8,10-11H2,1-2H3,(H,20,21). The predicted octanol–water partition coefficient (Wildman–Crippen LogP) is 5.17. The van der Waals surface area contributed by atoms with Crippen LogP contribution in [0, 0.1) is 11.3 Å². The molecule has 1 saturated carbocycles. The Morgan fingerprint density at radius 2 is 2.05 bits per heavy atom. The minimum absolute atomic E-state index is 0.304. The number of benzene rings is 1. The molecule has 1 fully saturated rings. The van der Waals surface area contributed by atoms with Crippen LogP contribution >= 0.6 is 15.9 Å². The van der Waals surface area contributed by atoms with Crippen molar-refractivity contribution in [3.63, 3.8) is 0 Å². The van der Waals surface area contributed by atoms with Gasteiger partial charge in [0, 0.05) is 16.7 Å². The van der Waals surface area contributed by atoms with Gasteiger partial charge in [-0.15, -0.1) is 0 Å². The molecule has 116 valence electrons. The summed E-state index contributed by atoms with van der Waals surface area (Å²) in [4.78, 5) is 11.0. The van der Waals surface area contributed by atoms with Crippen LogP contribution in [-0.4, -0.2) is 17.6 Å². The molecule has 0 amide bonds. The lowest BCUT2D eigenvalue weighted by Crippen LogP contribution is -2.28. The van der Waals surface area contributed by atoms with Crippen molar-refractivity contribution in [2.24, 2.45) is 11.3 Å². The minimum Gasteiger partial charge on any atom is -0.478 e. The third-order valence-electron chi connectivity index (χ3n) is 4.37. The Bertz CT molecular complexity index is 508. The molecule has 3 nitrogen and oxygen atoms in total. The van der Waals surface area contributed by atoms with Gasteiger partial charge in [-0.1, -0.05) is 26.7 Å². The van der Waals surface area contributed by atoms with Gasteiger partial charge in [0.15, 0.2) is 0 Å². The average Bonchev–Trinajstić information content (AvgIpc) is 2.84. The molecule has 1 aromatic carbocycles. The van der Waals surface area contributed by atoms with Crippen molar-refractivity contribution in [3.05, 3.63) is 28.2 Å². The second-order valence-corrected chi connectivity index (χ2v) is 7.51. The SMILES string of the molecule is CC(C)CC1(CNc2ccc(C(=O)O)c(Br)c2)CCCC1. The highest BCUT2D eigenvalue weighted by atomic mass is 79.9. The Morgan fingerprint density at radius 1 is 1.38 bits per heavy atom. The van der Waals surface area contributed by atoms with Crippen LogP contribution in [0.25, 0.3) is 0 Å². The number of hydrogen-bond donors (Lipinski definition) is 2. The van der Waals surface area contributed by atoms with E-state index in [-0.39, 0.29) is 0 Å². The van der Waals surface area contributed by atoms with E-state index < -0.39 is 5.97 Å². The van der Waals surface area contributed by atoms with Gasteiger partial charge in [0.2, 0.25) is 0 Å². The van der Waals surface area contributed by atoms with Crippen LogP contribution < -0.4 is 5.32 Å². The van der Waals surface area contributed by atoms with Crippen LogP contribution in [0.1, 0.15) is 56.3 Å². The smallest absolute Gasteiger partial charge is 0.336 e. The van der Waals surface area contributed by atoms with Gasteiger partial charge >= 0.3 is 5.97 Å². The normalized spacial score (nSPS) is 17.1. The van der Waals surface area contributed by atoms with E-state index in [0.29, 0.717) is 21.4 Å². The molecule has 0 unspecified atom stereocenters. The van der Waals surface area contributed by atoms with Crippen LogP contribution in [0.2, 0.25) is 0 Å². The number of carboxylic acid groups (broad SMARTS) is 1. The zero-order chi connectivity index (χ0) is 15.5. The molecule has 21 heavy (non-hydrogen) atoms. The van der Waals surface area contributed by atoms with E-state index in [1.54, 1.807) is 6.07 Å². The first-order chi connectivity index (χ1) is 9.92. The quantitative estimate of drug-likeness (QED) is 0.741. The third-order valence-corrected chi connectivity index (χ3v) is 5.03. The molecule has 0 bridgehead atoms. The first-order valence-corrected chi connectivity index (χ1v) is 8.48. The maximum Gasteiger partial charge on any atom is 0.336 e. The van der Waals surface area contributed by atoms with Gasteiger partial charge in [-0.2, -0.15) is 0 Å². The summed E-state index contributed by atoms with van der Waals surface area (Å²) < 4.78 is 0.629. The van der Waals surface area contributed by atoms with Crippen molar-refractivity contribution >= 4 is 27.6 Å². The highest BCUT2D eigenvalue weighted by Gasteiger charge is 2.34. The first-order valence-electron chi connectivity index (χ1n) is 7.69. The second-order valence-electron chi connectivity index (χ2n) is 6.66. The number of aromatic carboxylic acids is 1. The molecule has 0 aromatic heterocycles. The minimum atomic E-state index is -0.902. The fourth-order valence-corrected chi connectivity index (χ4v) is 4.08. The van der Waals surface area contributed by atoms with E-state index in [4.69, 9.17) is 5.11 Å². The number of carbonyl (C=O) groups is 1. The zero-order valence-electron chi connectivity index (χ0n) is 12.8. The fourth-order valence-electron chi connectivity index (χ4n) is 3.53. The number of halogens is 1. The number of rotatable bonds is 6. The molecular weight excluding hydrogens is 330 g/mol. The summed E-state index contributed by atoms with van der Waals surface area (Å²) in [5.41, 5.74) is 1.70. The highest BCUT2D eigenvalue weighted by Crippen LogP contribution is 2.43. The lowest BCUT2D eigenvalue weighted by molar-refractivity contribution is 0.0696. The largest absolute Gasteiger partial charge is 0.478 e. The van der Waals surface area contributed by atoms with E-state index >= 15 is 0 Å². The summed E-state index contributed by atoms with van der Waals surface area (Å²) in [6.45, 7) is 5.56. The molecule has 2 N–H and O–H groups in total. The summed E-state index contributed by atoms with van der Waals surface area (Å²) in [5, 5.41) is 12.6. The van der Waals surface area contributed by atoms with E-state index in [1.165, 1.54) is 32.1 Å². The number of nitrogens with one attached hydrogen (secondary N) is 1. The molecule has 0 aliphatic heterocycles. The summed E-state index contributed by atoms with van der Waals surface area (Å²) in [6, 6.07) is 5.37. The van der Waals surface area contributed by atoms with Crippen LogP contribution in [0.4, 0.5) is 5.69 Å². The summed E-state index contributed by atoms with van der Waals surface area (Å²) in [6.07, 6.45) is 6.51. The fraction of sp³-hybridized carbons (Fsp3) is 0.588. The van der Waals surface area contributed by atoms with Gasteiger partial charge in [0.1, 0.15) is 0 Å². The number of hydrogen-bond acceptors (Lipinski definition) is 2. The molecule has 0 radical (unpaired) electrons. The van der Waals surface area contributed by atoms with Crippen molar-refractivity contribution in [1.82, 2.24) is 0 Å². The maximum atomic E-state index is 11.0. The van der Waals surface area contributed by atoms with Crippen LogP contribution in [-0.2, 0) is 0 Å². The Morgan fingerprint density at radius 3 is 2.57 bits per heavy atom. The summed E-state index contributed by atoms with van der Waals surface area (Å²) in [5.74, 6) is -0.188. The van der Waals surface area contributed by atoms with Gasteiger partial charge in [-0.05, 0) is 64.7 Å². The van der Waals surface area contributed by atoms with Gasteiger partial charge < -0.3 is 10.4 Å². The van der Waals surface area contributed by atoms with E-state index in [9.17, 15) is 4.79 Å². The second kappa shape index (κ2) is 6.82. The topological polar surface area (TPSA) is 49.3 Å². The summed E-state index contributed by atoms with van der Waals surface area (Å²) in [7, 11) is 0. The monoisotopic (exact) mass is 353 g/mol. The molecule has 2 rings (SSSR count). The van der Waals surface area contributed by atoms with Gasteiger partial charge in [-0.25, -0.2) is 4.79 Å². The molecule has 4 heteroatoms. The van der Waals surface area contributed by atoms with Crippen molar-refractivity contribution < 1.29 is 9.90 Å². The van der Waals surface area contributed by atoms with Crippen molar-refractivity contribution in [3.8, 4) is 0 Å². The molecule has 1 aliphatic carbocycles. The Labute approximate surface area is 135 Å². The molecule has 0 heterocycles. The van der Waals surface area contributed by atoms with E-state index in [0.717, 1.165) is 12.2 Å². The lowest BCUT2D eigenvalue weighted by atomic mass is 9.78. The maximum absolute atomic E-state index is 11.0. The zero-order valence-corrected chi connectivity index (χ0v) is 14.4. The average molecular weight is 354 g/mol. The van der Waals surface area contributed by atoms with Crippen molar-refractivity contribution in [1.29, 1.82) is 0 Å². The van der Waals surface area contributed by atoms with Crippen molar-refractivity contribution in [2.45, 2.75) is 46.0 Å². The van der Waals surface area contributed by atoms with Crippen molar-refractivity contribution in [2.75, 3.05) is 11.9 Å². The molecule has 0 atom stereocenters. The van der Waals surface area contributed by atoms with Gasteiger partial charge in [0.05, 0.1) is 5.56 Å².